The Balaban J connectivity index is 3.12. The zero-order valence-electron chi connectivity index (χ0n) is 16.9. The summed E-state index contributed by atoms with van der Waals surface area (Å²) in [6.07, 6.45) is 3.10. The van der Waals surface area contributed by atoms with Crippen LogP contribution in [0.2, 0.25) is 10.0 Å². The summed E-state index contributed by atoms with van der Waals surface area (Å²) in [5, 5.41) is 9.38. The van der Waals surface area contributed by atoms with E-state index >= 15 is 0 Å². The quantitative estimate of drug-likeness (QED) is 0.456. The van der Waals surface area contributed by atoms with Crippen LogP contribution in [0.15, 0.2) is 23.1 Å². The number of amides is 1. The molecule has 0 aromatic heterocycles. The van der Waals surface area contributed by atoms with Gasteiger partial charge in [0.15, 0.2) is 9.84 Å². The van der Waals surface area contributed by atoms with Crippen LogP contribution < -0.4 is 0 Å². The number of aliphatic carboxylic acids is 1. The van der Waals surface area contributed by atoms with Crippen molar-refractivity contribution >= 4 is 44.9 Å². The Morgan fingerprint density at radius 1 is 1.07 bits per heavy atom. The molecular formula is C20H29Cl2NO5S. The third-order valence-corrected chi connectivity index (χ3v) is 7.15. The highest BCUT2D eigenvalue weighted by molar-refractivity contribution is 7.91. The van der Waals surface area contributed by atoms with Gasteiger partial charge in [-0.15, -0.1) is 0 Å². The maximum absolute atomic E-state index is 13.1. The molecule has 0 saturated carbocycles. The van der Waals surface area contributed by atoms with Gasteiger partial charge >= 0.3 is 5.97 Å². The highest BCUT2D eigenvalue weighted by Gasteiger charge is 2.30. The number of sulfone groups is 1. The fourth-order valence-electron chi connectivity index (χ4n) is 2.90. The molecule has 0 aliphatic rings. The van der Waals surface area contributed by atoms with Gasteiger partial charge < -0.3 is 10.0 Å². The lowest BCUT2D eigenvalue weighted by molar-refractivity contribution is -0.138. The van der Waals surface area contributed by atoms with Crippen molar-refractivity contribution in [1.82, 2.24) is 4.90 Å². The summed E-state index contributed by atoms with van der Waals surface area (Å²) < 4.78 is 25.8. The number of carbonyl (C=O) groups is 2. The minimum absolute atomic E-state index is 0.0336. The molecule has 0 saturated heterocycles. The van der Waals surface area contributed by atoms with Crippen LogP contribution >= 0.6 is 23.2 Å². The molecule has 6 nitrogen and oxygen atoms in total. The van der Waals surface area contributed by atoms with E-state index in [9.17, 15) is 18.0 Å². The van der Waals surface area contributed by atoms with Gasteiger partial charge in [0.05, 0.1) is 26.6 Å². The Bertz CT molecular complexity index is 790. The van der Waals surface area contributed by atoms with E-state index in [0.29, 0.717) is 13.1 Å². The molecule has 1 unspecified atom stereocenters. The highest BCUT2D eigenvalue weighted by Crippen LogP contribution is 2.27. The molecule has 0 spiro atoms. The normalized spacial score (nSPS) is 12.6. The molecule has 1 rings (SSSR count). The van der Waals surface area contributed by atoms with Gasteiger partial charge in [-0.2, -0.15) is 0 Å². The average molecular weight is 466 g/mol. The van der Waals surface area contributed by atoms with E-state index in [-0.39, 0.29) is 33.7 Å². The minimum Gasteiger partial charge on any atom is -0.481 e. The van der Waals surface area contributed by atoms with E-state index in [1.165, 1.54) is 18.2 Å². The summed E-state index contributed by atoms with van der Waals surface area (Å²) in [7, 11) is -3.85. The van der Waals surface area contributed by atoms with Crippen molar-refractivity contribution < 1.29 is 23.1 Å². The van der Waals surface area contributed by atoms with Crippen LogP contribution in [0.4, 0.5) is 0 Å². The van der Waals surface area contributed by atoms with E-state index in [1.807, 2.05) is 13.8 Å². The van der Waals surface area contributed by atoms with Gasteiger partial charge in [-0.1, -0.05) is 49.9 Å². The molecular weight excluding hydrogens is 437 g/mol. The van der Waals surface area contributed by atoms with Crippen LogP contribution in [0.1, 0.15) is 52.4 Å². The monoisotopic (exact) mass is 465 g/mol. The average Bonchev–Trinajstić information content (AvgIpc) is 2.66. The lowest BCUT2D eigenvalue weighted by Gasteiger charge is -2.27. The third-order valence-electron chi connectivity index (χ3n) is 4.60. The highest BCUT2D eigenvalue weighted by atomic mass is 35.5. The van der Waals surface area contributed by atoms with Crippen molar-refractivity contribution in [3.63, 3.8) is 0 Å². The molecule has 29 heavy (non-hydrogen) atoms. The van der Waals surface area contributed by atoms with Crippen molar-refractivity contribution in [2.24, 2.45) is 5.92 Å². The summed E-state index contributed by atoms with van der Waals surface area (Å²) in [6.45, 7) is 5.09. The van der Waals surface area contributed by atoms with Crippen LogP contribution in [0.5, 0.6) is 0 Å². The first-order chi connectivity index (χ1) is 13.6. The summed E-state index contributed by atoms with van der Waals surface area (Å²) >= 11 is 11.8. The summed E-state index contributed by atoms with van der Waals surface area (Å²) in [5.74, 6) is -2.77. The second-order valence-electron chi connectivity index (χ2n) is 7.02. The van der Waals surface area contributed by atoms with Crippen molar-refractivity contribution in [1.29, 1.82) is 0 Å². The van der Waals surface area contributed by atoms with Crippen LogP contribution in [-0.2, 0) is 19.4 Å². The number of hydrogen-bond acceptors (Lipinski definition) is 4. The van der Waals surface area contributed by atoms with Gasteiger partial charge in [0.1, 0.15) is 0 Å². The minimum atomic E-state index is -3.85. The topological polar surface area (TPSA) is 91.8 Å². The van der Waals surface area contributed by atoms with Crippen LogP contribution in [0.25, 0.3) is 0 Å². The zero-order valence-corrected chi connectivity index (χ0v) is 19.2. The molecule has 0 radical (unpaired) electrons. The Kier molecular flexibility index (Phi) is 11.0. The van der Waals surface area contributed by atoms with E-state index in [1.54, 1.807) is 4.90 Å². The first kappa shape index (κ1) is 25.7. The predicted octanol–water partition coefficient (Wildman–Crippen LogP) is 4.68. The van der Waals surface area contributed by atoms with E-state index in [0.717, 1.165) is 25.7 Å². The Morgan fingerprint density at radius 2 is 1.66 bits per heavy atom. The Labute approximate surface area is 183 Å². The molecule has 0 heterocycles. The number of benzene rings is 1. The molecule has 0 bridgehead atoms. The summed E-state index contributed by atoms with van der Waals surface area (Å²) in [5.41, 5.74) is 0. The fraction of sp³-hybridized carbons (Fsp3) is 0.600. The number of carbonyl (C=O) groups excluding carboxylic acids is 1. The van der Waals surface area contributed by atoms with Crippen molar-refractivity contribution in [3.8, 4) is 0 Å². The zero-order chi connectivity index (χ0) is 22.0. The van der Waals surface area contributed by atoms with Gasteiger partial charge in [0.2, 0.25) is 5.91 Å². The number of hydrogen-bond donors (Lipinski definition) is 1. The number of carboxylic acid groups (broad SMARTS) is 1. The molecule has 1 aromatic rings. The molecule has 164 valence electrons. The predicted molar refractivity (Wildman–Crippen MR) is 115 cm³/mol. The Hall–Kier alpha value is -1.31. The molecule has 0 aliphatic heterocycles. The second kappa shape index (κ2) is 12.4. The fourth-order valence-corrected chi connectivity index (χ4v) is 4.86. The summed E-state index contributed by atoms with van der Waals surface area (Å²) in [4.78, 5) is 25.8. The molecule has 1 atom stereocenters. The molecule has 1 aromatic carbocycles. The van der Waals surface area contributed by atoms with E-state index < -0.39 is 27.5 Å². The third kappa shape index (κ3) is 8.52. The number of carboxylic acids is 1. The SMILES string of the molecule is CCCCN(CCCC)C(=O)C(CCC(=O)O)CS(=O)(=O)c1ccc(Cl)c(Cl)c1. The molecule has 1 amide bonds. The van der Waals surface area contributed by atoms with Crippen LogP contribution in [0.3, 0.4) is 0 Å². The molecule has 1 N–H and O–H groups in total. The van der Waals surface area contributed by atoms with Crippen molar-refractivity contribution in [2.45, 2.75) is 57.3 Å². The van der Waals surface area contributed by atoms with E-state index in [2.05, 4.69) is 0 Å². The first-order valence-corrected chi connectivity index (χ1v) is 12.2. The van der Waals surface area contributed by atoms with E-state index in [4.69, 9.17) is 28.3 Å². The number of unbranched alkanes of at least 4 members (excludes halogenated alkanes) is 2. The lowest BCUT2D eigenvalue weighted by atomic mass is 10.0. The van der Waals surface area contributed by atoms with Crippen LogP contribution in [-0.4, -0.2) is 49.1 Å². The standard InChI is InChI=1S/C20H29Cl2NO5S/c1-3-5-11-23(12-6-4-2)20(26)15(7-10-19(24)25)14-29(27,28)16-8-9-17(21)18(22)13-16/h8-9,13,15H,3-7,10-12,14H2,1-2H3,(H,24,25). The maximum Gasteiger partial charge on any atom is 0.303 e. The number of nitrogens with zero attached hydrogens (tertiary/aromatic N) is 1. The number of rotatable bonds is 13. The Morgan fingerprint density at radius 3 is 2.14 bits per heavy atom. The number of halogens is 2. The van der Waals surface area contributed by atoms with Gasteiger partial charge in [-0.3, -0.25) is 9.59 Å². The van der Waals surface area contributed by atoms with Crippen molar-refractivity contribution in [3.05, 3.63) is 28.2 Å². The molecule has 0 aliphatic carbocycles. The van der Waals surface area contributed by atoms with Crippen LogP contribution in [0, 0.1) is 5.92 Å². The largest absolute Gasteiger partial charge is 0.481 e. The van der Waals surface area contributed by atoms with Gasteiger partial charge in [0, 0.05) is 19.5 Å². The van der Waals surface area contributed by atoms with Gasteiger partial charge in [-0.25, -0.2) is 8.42 Å². The molecule has 0 fully saturated rings. The van der Waals surface area contributed by atoms with Gasteiger partial charge in [0.25, 0.3) is 0 Å². The smallest absolute Gasteiger partial charge is 0.303 e. The molecule has 9 heteroatoms. The maximum atomic E-state index is 13.1. The second-order valence-corrected chi connectivity index (χ2v) is 9.87. The van der Waals surface area contributed by atoms with Gasteiger partial charge in [-0.05, 0) is 37.5 Å². The van der Waals surface area contributed by atoms with Crippen molar-refractivity contribution in [2.75, 3.05) is 18.8 Å². The first-order valence-electron chi connectivity index (χ1n) is 9.80. The lowest BCUT2D eigenvalue weighted by Crippen LogP contribution is -2.40. The summed E-state index contributed by atoms with van der Waals surface area (Å²) in [6, 6.07) is 3.98.